The van der Waals surface area contributed by atoms with Gasteiger partial charge in [-0.3, -0.25) is 0 Å². The van der Waals surface area contributed by atoms with E-state index in [2.05, 4.69) is 202 Å². The number of fused-ring (bicyclic) bond motifs is 2. The molecule has 0 saturated heterocycles. The van der Waals surface area contributed by atoms with Crippen molar-refractivity contribution in [3.63, 3.8) is 0 Å². The van der Waals surface area contributed by atoms with Gasteiger partial charge >= 0.3 is 373 Å². The Bertz CT molecular complexity index is 2450. The fourth-order valence-corrected chi connectivity index (χ4v) is 42.2. The first kappa shape index (κ1) is 43.1. The van der Waals surface area contributed by atoms with Crippen molar-refractivity contribution in [1.29, 1.82) is 0 Å². The van der Waals surface area contributed by atoms with Crippen molar-refractivity contribution in [2.75, 3.05) is 0 Å². The van der Waals surface area contributed by atoms with Gasteiger partial charge in [0.25, 0.3) is 0 Å². The second kappa shape index (κ2) is 16.6. The van der Waals surface area contributed by atoms with Crippen LogP contribution in [0.5, 0.6) is 0 Å². The summed E-state index contributed by atoms with van der Waals surface area (Å²) in [5, 5.41) is 0. The predicted octanol–water partition coefficient (Wildman–Crippen LogP) is 17.2. The predicted molar refractivity (Wildman–Crippen MR) is 265 cm³/mol. The molecule has 2 aliphatic carbocycles. The molecule has 0 N–H and O–H groups in total. The van der Waals surface area contributed by atoms with E-state index in [1.54, 1.807) is 0 Å². The van der Waals surface area contributed by atoms with E-state index in [1.807, 2.05) is 0 Å². The van der Waals surface area contributed by atoms with Gasteiger partial charge in [-0.2, -0.15) is 0 Å². The summed E-state index contributed by atoms with van der Waals surface area (Å²) in [6.45, 7) is 23.4. The standard InChI is InChI=1S/2C27H27.C2H7Si.2ClH.Zr/c2*1-5-20(4)23-16-22-11-12-25(21-9-7-6-8-10-21)27(26(22)17-23)24-14-18(2)13-19(3)15-24;1-3-2;;;/h2*6-17,20H,5H2,1-4H3;3H,1-2H3;2*1H;/q;;;;;+2/p-2. The van der Waals surface area contributed by atoms with E-state index in [1.165, 1.54) is 100 Å². The molecule has 0 aromatic heterocycles. The number of allylic oxidation sites excluding steroid dienone is 2. The van der Waals surface area contributed by atoms with Crippen LogP contribution in [0.4, 0.5) is 0 Å². The Morgan fingerprint density at radius 3 is 1.17 bits per heavy atom. The first-order valence-corrected chi connectivity index (χ1v) is 38.6. The summed E-state index contributed by atoms with van der Waals surface area (Å²) >= 11 is -5.19. The molecule has 6 aromatic rings. The van der Waals surface area contributed by atoms with Crippen LogP contribution in [0.15, 0.2) is 132 Å². The SMILES string of the molecule is CCC(C)C1=Cc2c(ccc(-c3ccccc3)c2-c2cc(C)cc(C)c2)[CH]1[Zr]([Cl])([Cl])([CH]1C(C(C)CC)=Cc2c1ccc(-c1ccccc1)c2-c1cc(C)cc(C)c1)[SiH](C)C. The molecule has 0 nitrogen and oxygen atoms in total. The van der Waals surface area contributed by atoms with Crippen molar-refractivity contribution in [3.8, 4) is 44.5 Å². The van der Waals surface area contributed by atoms with Crippen molar-refractivity contribution >= 4 is 35.1 Å². The van der Waals surface area contributed by atoms with Gasteiger partial charge < -0.3 is 0 Å². The summed E-state index contributed by atoms with van der Waals surface area (Å²) < 4.78 is 0.00507. The maximum absolute atomic E-state index is 9.16. The van der Waals surface area contributed by atoms with E-state index in [0.717, 1.165) is 12.8 Å². The average Bonchev–Trinajstić information content (AvgIpc) is 3.83. The molecule has 2 aliphatic rings. The summed E-state index contributed by atoms with van der Waals surface area (Å²) in [5.74, 6) is -1.16. The molecule has 8 rings (SSSR count). The number of hydrogen-bond acceptors (Lipinski definition) is 0. The Morgan fingerprint density at radius 1 is 0.500 bits per heavy atom. The van der Waals surface area contributed by atoms with Crippen LogP contribution in [0.25, 0.3) is 56.7 Å². The maximum atomic E-state index is 9.16. The van der Waals surface area contributed by atoms with Crippen LogP contribution >= 0.6 is 17.0 Å². The molecule has 307 valence electrons. The molecule has 0 heterocycles. The van der Waals surface area contributed by atoms with Gasteiger partial charge in [0.2, 0.25) is 0 Å². The Morgan fingerprint density at radius 2 is 0.850 bits per heavy atom. The first-order valence-electron chi connectivity index (χ1n) is 22.3. The van der Waals surface area contributed by atoms with Crippen molar-refractivity contribution in [3.05, 3.63) is 177 Å². The van der Waals surface area contributed by atoms with Gasteiger partial charge in [-0.15, -0.1) is 0 Å². The van der Waals surface area contributed by atoms with E-state index >= 15 is 0 Å². The van der Waals surface area contributed by atoms with Crippen molar-refractivity contribution in [2.24, 2.45) is 11.8 Å². The van der Waals surface area contributed by atoms with Gasteiger partial charge in [0.1, 0.15) is 0 Å². The zero-order chi connectivity index (χ0) is 42.7. The van der Waals surface area contributed by atoms with Crippen LogP contribution in [0.3, 0.4) is 0 Å². The summed E-state index contributed by atoms with van der Waals surface area (Å²) in [7, 11) is 18.3. The van der Waals surface area contributed by atoms with Crippen LogP contribution < -0.4 is 0 Å². The normalized spacial score (nSPS) is 17.7. The van der Waals surface area contributed by atoms with Crippen molar-refractivity contribution < 1.29 is 15.6 Å². The summed E-state index contributed by atoms with van der Waals surface area (Å²) in [5.41, 5.74) is 23.5. The number of halogens is 2. The zero-order valence-corrected chi connectivity index (χ0v) is 42.4. The Hall–Kier alpha value is -3.52. The van der Waals surface area contributed by atoms with Crippen LogP contribution in [-0.2, 0) is 15.6 Å². The minimum atomic E-state index is -5.19. The number of aryl methyl sites for hydroxylation is 4. The Balaban J connectivity index is 1.45. The third kappa shape index (κ3) is 7.26. The molecule has 0 fully saturated rings. The molecular weight excluding hydrogens is 863 g/mol. The van der Waals surface area contributed by atoms with Gasteiger partial charge in [0.15, 0.2) is 0 Å². The fraction of sp³-hybridized carbons (Fsp3) is 0.286. The Kier molecular flexibility index (Phi) is 12.0. The van der Waals surface area contributed by atoms with Crippen LogP contribution in [0.1, 0.15) is 92.3 Å². The van der Waals surface area contributed by atoms with E-state index in [-0.39, 0.29) is 7.25 Å². The summed E-state index contributed by atoms with van der Waals surface area (Å²) in [6, 6.07) is 45.6. The van der Waals surface area contributed by atoms with Crippen molar-refractivity contribution in [1.82, 2.24) is 0 Å². The molecule has 0 saturated carbocycles. The second-order valence-electron chi connectivity index (χ2n) is 18.6. The van der Waals surface area contributed by atoms with Crippen LogP contribution in [0, 0.1) is 39.5 Å². The van der Waals surface area contributed by atoms with E-state index < -0.39 is 21.5 Å². The molecule has 0 bridgehead atoms. The molecule has 4 heteroatoms. The first-order chi connectivity index (χ1) is 28.6. The van der Waals surface area contributed by atoms with Crippen LogP contribution in [-0.4, -0.2) is 5.92 Å². The molecule has 0 aliphatic heterocycles. The number of rotatable bonds is 11. The van der Waals surface area contributed by atoms with Gasteiger partial charge in [-0.25, -0.2) is 0 Å². The minimum absolute atomic E-state index is 0.00254. The molecule has 4 unspecified atom stereocenters. The fourth-order valence-electron chi connectivity index (χ4n) is 10.9. The Labute approximate surface area is 369 Å². The zero-order valence-electron chi connectivity index (χ0n) is 37.3. The molecule has 60 heavy (non-hydrogen) atoms. The topological polar surface area (TPSA) is 0 Å². The van der Waals surface area contributed by atoms with Gasteiger partial charge in [0.05, 0.1) is 0 Å². The molecule has 4 atom stereocenters. The quantitative estimate of drug-likeness (QED) is 0.114. The second-order valence-corrected chi connectivity index (χ2v) is 61.1. The average molecular weight is 924 g/mol. The molecule has 0 spiro atoms. The van der Waals surface area contributed by atoms with Crippen LogP contribution in [0.2, 0.25) is 13.1 Å². The molecule has 0 amide bonds. The molecular formula is C56H61Cl2SiZr. The number of hydrogen-bond donors (Lipinski definition) is 0. The van der Waals surface area contributed by atoms with Gasteiger partial charge in [0, 0.05) is 0 Å². The monoisotopic (exact) mass is 921 g/mol. The van der Waals surface area contributed by atoms with E-state index in [9.17, 15) is 0 Å². The van der Waals surface area contributed by atoms with E-state index in [0.29, 0.717) is 11.8 Å². The molecule has 0 radical (unpaired) electrons. The van der Waals surface area contributed by atoms with E-state index in [4.69, 9.17) is 17.0 Å². The third-order valence-corrected chi connectivity index (χ3v) is 65.9. The number of benzene rings is 6. The summed E-state index contributed by atoms with van der Waals surface area (Å²) in [4.78, 5) is 0. The van der Waals surface area contributed by atoms with Gasteiger partial charge in [-0.05, 0) is 0 Å². The van der Waals surface area contributed by atoms with Gasteiger partial charge in [-0.1, -0.05) is 0 Å². The van der Waals surface area contributed by atoms with Crippen molar-refractivity contribution in [2.45, 2.75) is 88.6 Å². The molecule has 6 aromatic carbocycles. The third-order valence-electron chi connectivity index (χ3n) is 14.2. The summed E-state index contributed by atoms with van der Waals surface area (Å²) in [6.07, 6.45) is 7.22.